The number of anilines is 1. The predicted octanol–water partition coefficient (Wildman–Crippen LogP) is 5.33. The van der Waals surface area contributed by atoms with Crippen molar-refractivity contribution in [2.45, 2.75) is 6.92 Å². The number of rotatable bonds is 10. The van der Waals surface area contributed by atoms with Gasteiger partial charge in [-0.2, -0.15) is 0 Å². The van der Waals surface area contributed by atoms with Crippen LogP contribution in [0, 0.1) is 0 Å². The summed E-state index contributed by atoms with van der Waals surface area (Å²) in [5.74, 6) is -0.171. The van der Waals surface area contributed by atoms with Gasteiger partial charge in [0.1, 0.15) is 12.4 Å². The number of halogens is 1. The van der Waals surface area contributed by atoms with Gasteiger partial charge >= 0.3 is 5.97 Å². The van der Waals surface area contributed by atoms with Crippen LogP contribution in [0.4, 0.5) is 5.69 Å². The molecule has 0 radical (unpaired) electrons. The van der Waals surface area contributed by atoms with E-state index in [-0.39, 0.29) is 19.1 Å². The lowest BCUT2D eigenvalue weighted by molar-refractivity contribution is -0.118. The van der Waals surface area contributed by atoms with Crippen LogP contribution in [-0.4, -0.2) is 38.3 Å². The molecule has 0 unspecified atom stereocenters. The zero-order valence-corrected chi connectivity index (χ0v) is 19.3. The maximum atomic E-state index is 12.3. The van der Waals surface area contributed by atoms with Crippen LogP contribution in [0.1, 0.15) is 17.3 Å². The highest BCUT2D eigenvalue weighted by molar-refractivity contribution is 9.10. The third-order valence-corrected chi connectivity index (χ3v) is 5.09. The first-order valence-corrected chi connectivity index (χ1v) is 11.0. The molecule has 7 heteroatoms. The molecule has 6 nitrogen and oxygen atoms in total. The minimum atomic E-state index is -0.435. The minimum absolute atomic E-state index is 0.148. The second kappa shape index (κ2) is 12.0. The molecule has 0 saturated carbocycles. The summed E-state index contributed by atoms with van der Waals surface area (Å²) >= 11 is 3.50. The molecule has 0 heterocycles. The van der Waals surface area contributed by atoms with Crippen molar-refractivity contribution in [3.63, 3.8) is 0 Å². The first-order valence-electron chi connectivity index (χ1n) is 10.2. The third-order valence-electron chi connectivity index (χ3n) is 4.47. The van der Waals surface area contributed by atoms with E-state index in [1.54, 1.807) is 24.3 Å². The predicted molar refractivity (Wildman–Crippen MR) is 127 cm³/mol. The first-order chi connectivity index (χ1) is 15.6. The zero-order chi connectivity index (χ0) is 22.8. The topological polar surface area (TPSA) is 73.9 Å². The summed E-state index contributed by atoms with van der Waals surface area (Å²) in [6, 6.07) is 22.2. The Kier molecular flexibility index (Phi) is 8.83. The van der Waals surface area contributed by atoms with Gasteiger partial charge in [0, 0.05) is 12.3 Å². The number of esters is 1. The van der Waals surface area contributed by atoms with E-state index in [1.165, 1.54) is 0 Å². The van der Waals surface area contributed by atoms with Crippen LogP contribution >= 0.6 is 15.9 Å². The fourth-order valence-corrected chi connectivity index (χ4v) is 3.37. The van der Waals surface area contributed by atoms with Crippen molar-refractivity contribution in [2.24, 2.45) is 0 Å². The molecule has 0 atom stereocenters. The van der Waals surface area contributed by atoms with Crippen molar-refractivity contribution in [3.8, 4) is 16.9 Å². The molecule has 0 aromatic heterocycles. The summed E-state index contributed by atoms with van der Waals surface area (Å²) < 4.78 is 16.6. The average molecular weight is 498 g/mol. The molecule has 166 valence electrons. The van der Waals surface area contributed by atoms with Crippen molar-refractivity contribution >= 4 is 33.5 Å². The van der Waals surface area contributed by atoms with Crippen LogP contribution < -0.4 is 10.1 Å². The van der Waals surface area contributed by atoms with Gasteiger partial charge in [0.2, 0.25) is 0 Å². The van der Waals surface area contributed by atoms with Crippen molar-refractivity contribution in [1.82, 2.24) is 0 Å². The Labute approximate surface area is 195 Å². The normalized spacial score (nSPS) is 10.4. The van der Waals surface area contributed by atoms with E-state index in [2.05, 4.69) is 21.2 Å². The van der Waals surface area contributed by atoms with Crippen LogP contribution in [0.15, 0.2) is 77.3 Å². The molecule has 3 aromatic rings. The van der Waals surface area contributed by atoms with E-state index in [1.807, 2.05) is 55.5 Å². The van der Waals surface area contributed by atoms with Gasteiger partial charge in [-0.3, -0.25) is 4.79 Å². The molecule has 0 saturated heterocycles. The lowest BCUT2D eigenvalue weighted by Crippen LogP contribution is -2.20. The van der Waals surface area contributed by atoms with Gasteiger partial charge < -0.3 is 19.5 Å². The fraction of sp³-hybridized carbons (Fsp3) is 0.200. The highest BCUT2D eigenvalue weighted by Gasteiger charge is 2.10. The first kappa shape index (κ1) is 23.5. The van der Waals surface area contributed by atoms with Gasteiger partial charge in [0.05, 0.1) is 16.6 Å². The number of nitrogens with one attached hydrogen (secondary N) is 1. The molecule has 1 N–H and O–H groups in total. The number of benzene rings is 3. The Morgan fingerprint density at radius 2 is 1.66 bits per heavy atom. The second-order valence-corrected chi connectivity index (χ2v) is 7.61. The Morgan fingerprint density at radius 3 is 2.34 bits per heavy atom. The molecule has 1 amide bonds. The lowest BCUT2D eigenvalue weighted by atomic mass is 10.1. The standard InChI is InChI=1S/C25H24BrNO5/c1-2-30-14-15-31-25(29)19-8-11-21(12-9-19)27-24(28)17-32-23-13-10-20(16-22(23)26)18-6-4-3-5-7-18/h3-13,16H,2,14-15,17H2,1H3,(H,27,28). The highest BCUT2D eigenvalue weighted by Crippen LogP contribution is 2.30. The van der Waals surface area contributed by atoms with E-state index in [0.29, 0.717) is 30.2 Å². The highest BCUT2D eigenvalue weighted by atomic mass is 79.9. The van der Waals surface area contributed by atoms with Crippen molar-refractivity contribution in [2.75, 3.05) is 31.7 Å². The maximum Gasteiger partial charge on any atom is 0.338 e. The van der Waals surface area contributed by atoms with Gasteiger partial charge in [0.25, 0.3) is 5.91 Å². The lowest BCUT2D eigenvalue weighted by Gasteiger charge is -2.11. The number of hydrogen-bond acceptors (Lipinski definition) is 5. The Morgan fingerprint density at radius 1 is 0.906 bits per heavy atom. The van der Waals surface area contributed by atoms with E-state index in [4.69, 9.17) is 14.2 Å². The van der Waals surface area contributed by atoms with Gasteiger partial charge in [-0.15, -0.1) is 0 Å². The molecule has 0 aliphatic heterocycles. The Balaban J connectivity index is 1.49. The molecule has 0 aliphatic rings. The van der Waals surface area contributed by atoms with Gasteiger partial charge in [-0.25, -0.2) is 4.79 Å². The number of ether oxygens (including phenoxy) is 3. The van der Waals surface area contributed by atoms with Crippen LogP contribution in [-0.2, 0) is 14.3 Å². The Hall–Kier alpha value is -3.16. The van der Waals surface area contributed by atoms with Crippen molar-refractivity contribution in [1.29, 1.82) is 0 Å². The second-order valence-electron chi connectivity index (χ2n) is 6.76. The average Bonchev–Trinajstić information content (AvgIpc) is 2.82. The Bertz CT molecular complexity index is 1040. The third kappa shape index (κ3) is 6.93. The van der Waals surface area contributed by atoms with Crippen LogP contribution in [0.3, 0.4) is 0 Å². The molecule has 0 spiro atoms. The summed E-state index contributed by atoms with van der Waals surface area (Å²) in [5.41, 5.74) is 3.10. The van der Waals surface area contributed by atoms with E-state index in [9.17, 15) is 9.59 Å². The number of carbonyl (C=O) groups excluding carboxylic acids is 2. The molecule has 0 bridgehead atoms. The zero-order valence-electron chi connectivity index (χ0n) is 17.7. The van der Waals surface area contributed by atoms with Crippen LogP contribution in [0.2, 0.25) is 0 Å². The van der Waals surface area contributed by atoms with Crippen molar-refractivity contribution < 1.29 is 23.8 Å². The molecule has 0 fully saturated rings. The molecule has 0 aliphatic carbocycles. The summed E-state index contributed by atoms with van der Waals surface area (Å²) in [6.45, 7) is 2.86. The summed E-state index contributed by atoms with van der Waals surface area (Å²) in [4.78, 5) is 24.2. The summed E-state index contributed by atoms with van der Waals surface area (Å²) in [7, 11) is 0. The maximum absolute atomic E-state index is 12.3. The van der Waals surface area contributed by atoms with Crippen molar-refractivity contribution in [3.05, 3.63) is 82.8 Å². The number of carbonyl (C=O) groups is 2. The van der Waals surface area contributed by atoms with E-state index >= 15 is 0 Å². The molecule has 3 rings (SSSR count). The number of hydrogen-bond donors (Lipinski definition) is 1. The largest absolute Gasteiger partial charge is 0.483 e. The summed E-state index contributed by atoms with van der Waals surface area (Å²) in [6.07, 6.45) is 0. The van der Waals surface area contributed by atoms with Gasteiger partial charge in [-0.1, -0.05) is 36.4 Å². The monoisotopic (exact) mass is 497 g/mol. The van der Waals surface area contributed by atoms with Crippen LogP contribution in [0.25, 0.3) is 11.1 Å². The molecule has 32 heavy (non-hydrogen) atoms. The SMILES string of the molecule is CCOCCOC(=O)c1ccc(NC(=O)COc2ccc(-c3ccccc3)cc2Br)cc1. The van der Waals surface area contributed by atoms with E-state index in [0.717, 1.165) is 15.6 Å². The molecular formula is C25H24BrNO5. The smallest absolute Gasteiger partial charge is 0.338 e. The quantitative estimate of drug-likeness (QED) is 0.302. The van der Waals surface area contributed by atoms with Gasteiger partial charge in [-0.05, 0) is 70.4 Å². The fourth-order valence-electron chi connectivity index (χ4n) is 2.88. The van der Waals surface area contributed by atoms with E-state index < -0.39 is 5.97 Å². The number of amides is 1. The minimum Gasteiger partial charge on any atom is -0.483 e. The molecular weight excluding hydrogens is 474 g/mol. The summed E-state index contributed by atoms with van der Waals surface area (Å²) in [5, 5.41) is 2.74. The van der Waals surface area contributed by atoms with Gasteiger partial charge in [0.15, 0.2) is 6.61 Å². The van der Waals surface area contributed by atoms with Crippen LogP contribution in [0.5, 0.6) is 5.75 Å². The molecule has 3 aromatic carbocycles.